The van der Waals surface area contributed by atoms with Gasteiger partial charge in [0.2, 0.25) is 0 Å². The van der Waals surface area contributed by atoms with E-state index in [-0.39, 0.29) is 11.4 Å². The number of fused-ring (bicyclic) bond motifs is 1. The van der Waals surface area contributed by atoms with E-state index >= 15 is 0 Å². The van der Waals surface area contributed by atoms with Crippen molar-refractivity contribution in [1.29, 1.82) is 0 Å². The average Bonchev–Trinajstić information content (AvgIpc) is 3.09. The number of benzene rings is 1. The number of carbonyl (C=O) groups excluding carboxylic acids is 1. The highest BCUT2D eigenvalue weighted by molar-refractivity contribution is 6.30. The molecule has 146 valence electrons. The molecule has 2 saturated heterocycles. The van der Waals surface area contributed by atoms with Crippen molar-refractivity contribution in [3.63, 3.8) is 0 Å². The zero-order valence-electron chi connectivity index (χ0n) is 15.9. The van der Waals surface area contributed by atoms with Crippen molar-refractivity contribution in [2.45, 2.75) is 44.1 Å². The maximum atomic E-state index is 12.9. The summed E-state index contributed by atoms with van der Waals surface area (Å²) in [6, 6.07) is 6.15. The Morgan fingerprint density at radius 1 is 1.21 bits per heavy atom. The van der Waals surface area contributed by atoms with E-state index in [1.54, 1.807) is 12.4 Å². The van der Waals surface area contributed by atoms with Gasteiger partial charge in [0, 0.05) is 37.0 Å². The van der Waals surface area contributed by atoms with Crippen LogP contribution in [-0.2, 0) is 24.0 Å². The Morgan fingerprint density at radius 3 is 2.75 bits per heavy atom. The van der Waals surface area contributed by atoms with E-state index in [0.717, 1.165) is 62.5 Å². The van der Waals surface area contributed by atoms with Gasteiger partial charge >= 0.3 is 0 Å². The van der Waals surface area contributed by atoms with Crippen LogP contribution in [0.25, 0.3) is 0 Å². The van der Waals surface area contributed by atoms with Crippen LogP contribution >= 0.6 is 11.6 Å². The molecule has 3 aliphatic rings. The number of amides is 1. The van der Waals surface area contributed by atoms with E-state index < -0.39 is 0 Å². The molecule has 1 spiro atoms. The van der Waals surface area contributed by atoms with Crippen LogP contribution in [0.1, 0.15) is 46.6 Å². The number of rotatable bonds is 3. The molecule has 2 unspecified atom stereocenters. The van der Waals surface area contributed by atoms with Crippen molar-refractivity contribution in [2.24, 2.45) is 5.92 Å². The van der Waals surface area contributed by atoms with E-state index in [1.807, 2.05) is 11.0 Å². The Bertz CT molecular complexity index is 893. The normalized spacial score (nSPS) is 26.2. The van der Waals surface area contributed by atoms with Crippen LogP contribution in [0.5, 0.6) is 0 Å². The fourth-order valence-corrected chi connectivity index (χ4v) is 5.11. The van der Waals surface area contributed by atoms with Gasteiger partial charge in [-0.05, 0) is 61.3 Å². The Balaban J connectivity index is 1.23. The van der Waals surface area contributed by atoms with Gasteiger partial charge in [0.15, 0.2) is 0 Å². The van der Waals surface area contributed by atoms with Gasteiger partial charge in [-0.1, -0.05) is 17.7 Å². The van der Waals surface area contributed by atoms with Crippen LogP contribution in [-0.4, -0.2) is 46.1 Å². The fourth-order valence-electron chi connectivity index (χ4n) is 4.91. The standard InChI is InChI=1S/C22H24ClN3O2/c23-19-3-2-16-8-15(9-17(16)11-19)10-20-24-12-18(13-25-20)21(27)26-6-5-22(26)4-1-7-28-14-22/h2-3,11-13,15H,1,4-10,14H2. The zero-order chi connectivity index (χ0) is 19.1. The zero-order valence-corrected chi connectivity index (χ0v) is 16.6. The van der Waals surface area contributed by atoms with E-state index in [1.165, 1.54) is 11.1 Å². The van der Waals surface area contributed by atoms with Crippen LogP contribution in [0.4, 0.5) is 0 Å². The molecule has 1 aromatic heterocycles. The summed E-state index contributed by atoms with van der Waals surface area (Å²) in [6.45, 7) is 2.26. The van der Waals surface area contributed by atoms with Gasteiger partial charge in [-0.25, -0.2) is 9.97 Å². The maximum Gasteiger partial charge on any atom is 0.257 e. The molecule has 0 bridgehead atoms. The van der Waals surface area contributed by atoms with Gasteiger partial charge in [0.05, 0.1) is 17.7 Å². The summed E-state index contributed by atoms with van der Waals surface area (Å²) in [5, 5.41) is 0.797. The molecule has 1 aromatic carbocycles. The SMILES string of the molecule is O=C(c1cnc(CC2Cc3ccc(Cl)cc3C2)nc1)N1CCC12CCCOC2. The van der Waals surface area contributed by atoms with Crippen LogP contribution in [0.15, 0.2) is 30.6 Å². The topological polar surface area (TPSA) is 55.3 Å². The predicted octanol–water partition coefficient (Wildman–Crippen LogP) is 3.48. The maximum absolute atomic E-state index is 12.9. The minimum Gasteiger partial charge on any atom is -0.379 e. The molecule has 2 aliphatic heterocycles. The Kier molecular flexibility index (Phi) is 4.60. The molecule has 5 rings (SSSR count). The lowest BCUT2D eigenvalue weighted by Gasteiger charge is -2.54. The monoisotopic (exact) mass is 397 g/mol. The summed E-state index contributed by atoms with van der Waals surface area (Å²) in [7, 11) is 0. The molecule has 5 nitrogen and oxygen atoms in total. The molecule has 6 heteroatoms. The summed E-state index contributed by atoms with van der Waals surface area (Å²) in [6.07, 6.45) is 9.34. The molecule has 0 N–H and O–H groups in total. The highest BCUT2D eigenvalue weighted by atomic mass is 35.5. The van der Waals surface area contributed by atoms with Crippen molar-refractivity contribution < 1.29 is 9.53 Å². The molecule has 1 aliphatic carbocycles. The number of hydrogen-bond donors (Lipinski definition) is 0. The quantitative estimate of drug-likeness (QED) is 0.795. The molecular formula is C22H24ClN3O2. The summed E-state index contributed by atoms with van der Waals surface area (Å²) >= 11 is 6.11. The molecule has 2 fully saturated rings. The highest BCUT2D eigenvalue weighted by Gasteiger charge is 2.48. The van der Waals surface area contributed by atoms with Crippen LogP contribution in [0.2, 0.25) is 5.02 Å². The smallest absolute Gasteiger partial charge is 0.257 e. The van der Waals surface area contributed by atoms with Gasteiger partial charge in [0.1, 0.15) is 5.82 Å². The van der Waals surface area contributed by atoms with Crippen molar-refractivity contribution in [1.82, 2.24) is 14.9 Å². The van der Waals surface area contributed by atoms with Crippen molar-refractivity contribution in [3.8, 4) is 0 Å². The third kappa shape index (κ3) is 3.20. The molecule has 2 atom stereocenters. The molecule has 28 heavy (non-hydrogen) atoms. The number of carbonyl (C=O) groups is 1. The lowest BCUT2D eigenvalue weighted by atomic mass is 9.79. The minimum atomic E-state index is -0.0924. The molecule has 0 saturated carbocycles. The van der Waals surface area contributed by atoms with Gasteiger partial charge < -0.3 is 9.64 Å². The van der Waals surface area contributed by atoms with E-state index in [2.05, 4.69) is 22.1 Å². The summed E-state index contributed by atoms with van der Waals surface area (Å²) in [5.41, 5.74) is 3.20. The number of hydrogen-bond acceptors (Lipinski definition) is 4. The first-order valence-corrected chi connectivity index (χ1v) is 10.5. The van der Waals surface area contributed by atoms with Crippen molar-refractivity contribution in [2.75, 3.05) is 19.8 Å². The van der Waals surface area contributed by atoms with Crippen LogP contribution < -0.4 is 0 Å². The summed E-state index contributed by atoms with van der Waals surface area (Å²) in [5.74, 6) is 1.33. The molecular weight excluding hydrogens is 374 g/mol. The molecule has 0 radical (unpaired) electrons. The number of ether oxygens (including phenoxy) is 1. The van der Waals surface area contributed by atoms with E-state index in [0.29, 0.717) is 18.1 Å². The first-order chi connectivity index (χ1) is 13.6. The minimum absolute atomic E-state index is 0.0335. The van der Waals surface area contributed by atoms with Gasteiger partial charge in [-0.2, -0.15) is 0 Å². The molecule has 1 amide bonds. The van der Waals surface area contributed by atoms with Gasteiger partial charge in [0.25, 0.3) is 5.91 Å². The Morgan fingerprint density at radius 2 is 2.04 bits per heavy atom. The lowest BCUT2D eigenvalue weighted by molar-refractivity contribution is -0.0882. The second-order valence-corrected chi connectivity index (χ2v) is 8.80. The summed E-state index contributed by atoms with van der Waals surface area (Å²) in [4.78, 5) is 23.9. The summed E-state index contributed by atoms with van der Waals surface area (Å²) < 4.78 is 5.64. The number of likely N-dealkylation sites (tertiary alicyclic amines) is 1. The van der Waals surface area contributed by atoms with Gasteiger partial charge in [-0.3, -0.25) is 4.79 Å². The first kappa shape index (κ1) is 18.1. The van der Waals surface area contributed by atoms with Crippen LogP contribution in [0, 0.1) is 5.92 Å². The largest absolute Gasteiger partial charge is 0.379 e. The predicted molar refractivity (Wildman–Crippen MR) is 107 cm³/mol. The van der Waals surface area contributed by atoms with Crippen molar-refractivity contribution >= 4 is 17.5 Å². The first-order valence-electron chi connectivity index (χ1n) is 10.1. The van der Waals surface area contributed by atoms with Crippen molar-refractivity contribution in [3.05, 3.63) is 58.1 Å². The Hall–Kier alpha value is -1.98. The second kappa shape index (κ2) is 7.12. The third-order valence-electron chi connectivity index (χ3n) is 6.53. The fraction of sp³-hybridized carbons (Fsp3) is 0.500. The second-order valence-electron chi connectivity index (χ2n) is 8.37. The average molecular weight is 398 g/mol. The van der Waals surface area contributed by atoms with Crippen LogP contribution in [0.3, 0.4) is 0 Å². The highest BCUT2D eigenvalue weighted by Crippen LogP contribution is 2.38. The molecule has 3 heterocycles. The number of nitrogens with zero attached hydrogens (tertiary/aromatic N) is 3. The van der Waals surface area contributed by atoms with E-state index in [9.17, 15) is 4.79 Å². The lowest BCUT2D eigenvalue weighted by Crippen LogP contribution is -2.65. The number of halogens is 1. The molecule has 2 aromatic rings. The number of aromatic nitrogens is 2. The third-order valence-corrected chi connectivity index (χ3v) is 6.76. The van der Waals surface area contributed by atoms with E-state index in [4.69, 9.17) is 16.3 Å². The Labute approximate surface area is 170 Å². The van der Waals surface area contributed by atoms with Gasteiger partial charge in [-0.15, -0.1) is 0 Å².